The van der Waals surface area contributed by atoms with Crippen molar-refractivity contribution in [3.05, 3.63) is 30.4 Å². The Morgan fingerprint density at radius 3 is 2.87 bits per heavy atom. The smallest absolute Gasteiger partial charge is 0.249 e. The highest BCUT2D eigenvalue weighted by molar-refractivity contribution is 5.50. The molecule has 1 saturated heterocycles. The van der Waals surface area contributed by atoms with E-state index < -0.39 is 0 Å². The summed E-state index contributed by atoms with van der Waals surface area (Å²) in [4.78, 5) is 6.70. The standard InChI is InChI=1S/C18H24N4O/c1-2-5-14(6-3-1)12-22-10-8-16(13-22)18-21-20-17(23-18)15-7-4-9-19-11-15/h4,7,9,11,14,16H,1-3,5-6,8,10,12-13H2/t16-/m0/s1. The topological polar surface area (TPSA) is 55.1 Å². The monoisotopic (exact) mass is 312 g/mol. The van der Waals surface area contributed by atoms with Crippen LogP contribution in [-0.4, -0.2) is 39.7 Å². The Hall–Kier alpha value is -1.75. The Morgan fingerprint density at radius 2 is 2.04 bits per heavy atom. The summed E-state index contributed by atoms with van der Waals surface area (Å²) in [6.45, 7) is 3.47. The quantitative estimate of drug-likeness (QED) is 0.865. The molecular weight excluding hydrogens is 288 g/mol. The lowest BCUT2D eigenvalue weighted by molar-refractivity contribution is 0.230. The second kappa shape index (κ2) is 6.79. The minimum absolute atomic E-state index is 0.386. The van der Waals surface area contributed by atoms with Gasteiger partial charge in [0.2, 0.25) is 11.8 Å². The number of pyridine rings is 1. The average Bonchev–Trinajstić information content (AvgIpc) is 3.26. The van der Waals surface area contributed by atoms with E-state index in [-0.39, 0.29) is 0 Å². The maximum Gasteiger partial charge on any atom is 0.249 e. The third-order valence-electron chi connectivity index (χ3n) is 5.21. The Balaban J connectivity index is 1.37. The summed E-state index contributed by atoms with van der Waals surface area (Å²) in [7, 11) is 0. The molecule has 2 aromatic rings. The van der Waals surface area contributed by atoms with Gasteiger partial charge in [0.05, 0.1) is 11.5 Å². The van der Waals surface area contributed by atoms with Crippen molar-refractivity contribution in [1.29, 1.82) is 0 Å². The highest BCUT2D eigenvalue weighted by Gasteiger charge is 2.29. The molecule has 23 heavy (non-hydrogen) atoms. The predicted molar refractivity (Wildman–Crippen MR) is 87.9 cm³/mol. The van der Waals surface area contributed by atoms with Crippen LogP contribution in [0.3, 0.4) is 0 Å². The van der Waals surface area contributed by atoms with Crippen molar-refractivity contribution in [2.24, 2.45) is 5.92 Å². The molecule has 0 unspecified atom stereocenters. The molecule has 2 aromatic heterocycles. The largest absolute Gasteiger partial charge is 0.420 e. The van der Waals surface area contributed by atoms with E-state index in [0.717, 1.165) is 36.9 Å². The maximum absolute atomic E-state index is 5.90. The fourth-order valence-corrected chi connectivity index (χ4v) is 3.94. The molecule has 1 aliphatic carbocycles. The van der Waals surface area contributed by atoms with E-state index in [9.17, 15) is 0 Å². The summed E-state index contributed by atoms with van der Waals surface area (Å²) in [5.41, 5.74) is 0.892. The van der Waals surface area contributed by atoms with Gasteiger partial charge in [0.1, 0.15) is 0 Å². The fraction of sp³-hybridized carbons (Fsp3) is 0.611. The van der Waals surface area contributed by atoms with Crippen LogP contribution in [-0.2, 0) is 0 Å². The number of likely N-dealkylation sites (tertiary alicyclic amines) is 1. The van der Waals surface area contributed by atoms with Crippen molar-refractivity contribution in [3.8, 4) is 11.5 Å². The maximum atomic E-state index is 5.90. The minimum Gasteiger partial charge on any atom is -0.420 e. The van der Waals surface area contributed by atoms with Crippen molar-refractivity contribution in [2.75, 3.05) is 19.6 Å². The molecule has 5 heteroatoms. The van der Waals surface area contributed by atoms with Gasteiger partial charge in [-0.2, -0.15) is 0 Å². The van der Waals surface area contributed by atoms with Gasteiger partial charge in [-0.3, -0.25) is 4.98 Å². The molecule has 0 radical (unpaired) electrons. The summed E-state index contributed by atoms with van der Waals surface area (Å²) in [6.07, 6.45) is 11.7. The molecule has 122 valence electrons. The van der Waals surface area contributed by atoms with Crippen LogP contribution in [0, 0.1) is 5.92 Å². The Labute approximate surface area is 137 Å². The first-order chi connectivity index (χ1) is 11.4. The van der Waals surface area contributed by atoms with Crippen LogP contribution in [0.1, 0.15) is 50.3 Å². The molecule has 0 amide bonds. The van der Waals surface area contributed by atoms with Crippen LogP contribution in [0.15, 0.2) is 28.9 Å². The molecule has 4 rings (SSSR count). The Kier molecular flexibility index (Phi) is 4.37. The van der Waals surface area contributed by atoms with E-state index in [1.165, 1.54) is 38.6 Å². The number of hydrogen-bond acceptors (Lipinski definition) is 5. The molecular formula is C18H24N4O. The van der Waals surface area contributed by atoms with Crippen LogP contribution in [0.5, 0.6) is 0 Å². The van der Waals surface area contributed by atoms with Crippen LogP contribution < -0.4 is 0 Å². The van der Waals surface area contributed by atoms with Crippen molar-refractivity contribution >= 4 is 0 Å². The van der Waals surface area contributed by atoms with Crippen LogP contribution in [0.2, 0.25) is 0 Å². The molecule has 0 N–H and O–H groups in total. The zero-order valence-electron chi connectivity index (χ0n) is 13.5. The zero-order chi connectivity index (χ0) is 15.5. The highest BCUT2D eigenvalue weighted by atomic mass is 16.4. The molecule has 1 aliphatic heterocycles. The van der Waals surface area contributed by atoms with Crippen molar-refractivity contribution in [3.63, 3.8) is 0 Å². The van der Waals surface area contributed by atoms with Crippen molar-refractivity contribution < 1.29 is 4.42 Å². The number of rotatable bonds is 4. The molecule has 3 heterocycles. The lowest BCUT2D eigenvalue weighted by atomic mass is 9.89. The first kappa shape index (κ1) is 14.8. The zero-order valence-corrected chi connectivity index (χ0v) is 13.5. The number of nitrogens with zero attached hydrogens (tertiary/aromatic N) is 4. The van der Waals surface area contributed by atoms with Crippen LogP contribution >= 0.6 is 0 Å². The summed E-state index contributed by atoms with van der Waals surface area (Å²) in [6, 6.07) is 3.84. The number of hydrogen-bond donors (Lipinski definition) is 0. The second-order valence-electron chi connectivity index (χ2n) is 6.94. The van der Waals surface area contributed by atoms with Gasteiger partial charge in [0, 0.05) is 25.5 Å². The average molecular weight is 312 g/mol. The van der Waals surface area contributed by atoms with Gasteiger partial charge >= 0.3 is 0 Å². The molecule has 0 aromatic carbocycles. The predicted octanol–water partition coefficient (Wildman–Crippen LogP) is 3.50. The number of aromatic nitrogens is 3. The lowest BCUT2D eigenvalue weighted by Crippen LogP contribution is -2.28. The highest BCUT2D eigenvalue weighted by Crippen LogP contribution is 2.31. The fourth-order valence-electron chi connectivity index (χ4n) is 3.94. The Morgan fingerprint density at radius 1 is 1.13 bits per heavy atom. The van der Waals surface area contributed by atoms with E-state index >= 15 is 0 Å². The van der Waals surface area contributed by atoms with E-state index in [2.05, 4.69) is 20.1 Å². The van der Waals surface area contributed by atoms with E-state index in [1.54, 1.807) is 12.4 Å². The van der Waals surface area contributed by atoms with E-state index in [1.807, 2.05) is 12.1 Å². The normalized spacial score (nSPS) is 23.4. The molecule has 1 atom stereocenters. The van der Waals surface area contributed by atoms with Gasteiger partial charge in [-0.15, -0.1) is 10.2 Å². The van der Waals surface area contributed by atoms with E-state index in [0.29, 0.717) is 11.8 Å². The van der Waals surface area contributed by atoms with Crippen molar-refractivity contribution in [2.45, 2.75) is 44.4 Å². The van der Waals surface area contributed by atoms with Gasteiger partial charge in [-0.25, -0.2) is 0 Å². The second-order valence-corrected chi connectivity index (χ2v) is 6.94. The molecule has 5 nitrogen and oxygen atoms in total. The minimum atomic E-state index is 0.386. The Bertz CT molecular complexity index is 621. The van der Waals surface area contributed by atoms with Gasteiger partial charge in [0.15, 0.2) is 0 Å². The molecule has 0 spiro atoms. The third-order valence-corrected chi connectivity index (χ3v) is 5.21. The third kappa shape index (κ3) is 3.44. The summed E-state index contributed by atoms with van der Waals surface area (Å²) in [5.74, 6) is 2.65. The summed E-state index contributed by atoms with van der Waals surface area (Å²) >= 11 is 0. The summed E-state index contributed by atoms with van der Waals surface area (Å²) in [5, 5.41) is 8.48. The van der Waals surface area contributed by atoms with E-state index in [4.69, 9.17) is 4.42 Å². The molecule has 0 bridgehead atoms. The summed E-state index contributed by atoms with van der Waals surface area (Å²) < 4.78 is 5.90. The van der Waals surface area contributed by atoms with Gasteiger partial charge in [0.25, 0.3) is 0 Å². The van der Waals surface area contributed by atoms with Crippen molar-refractivity contribution in [1.82, 2.24) is 20.1 Å². The molecule has 2 aliphatic rings. The van der Waals surface area contributed by atoms with Crippen LogP contribution in [0.25, 0.3) is 11.5 Å². The first-order valence-electron chi connectivity index (χ1n) is 8.84. The van der Waals surface area contributed by atoms with Crippen LogP contribution in [0.4, 0.5) is 0 Å². The van der Waals surface area contributed by atoms with Gasteiger partial charge in [-0.05, 0) is 43.9 Å². The molecule has 2 fully saturated rings. The van der Waals surface area contributed by atoms with Gasteiger partial charge < -0.3 is 9.32 Å². The SMILES string of the molecule is c1cncc(-c2nnc([C@H]3CCN(CC4CCCCC4)C3)o2)c1. The first-order valence-corrected chi connectivity index (χ1v) is 8.84. The lowest BCUT2D eigenvalue weighted by Gasteiger charge is -2.26. The van der Waals surface area contributed by atoms with Gasteiger partial charge in [-0.1, -0.05) is 19.3 Å². The molecule has 1 saturated carbocycles.